The average molecular weight is 460 g/mol. The largest absolute Gasteiger partial charge is 0.467 e. The van der Waals surface area contributed by atoms with Crippen LogP contribution in [0.25, 0.3) is 0 Å². The maximum absolute atomic E-state index is 13.7. The van der Waals surface area contributed by atoms with Crippen LogP contribution < -0.4 is 15.4 Å². The zero-order valence-corrected chi connectivity index (χ0v) is 16.3. The van der Waals surface area contributed by atoms with Crippen LogP contribution in [0, 0.1) is 5.82 Å². The molecule has 0 bridgehead atoms. The monoisotopic (exact) mass is 460 g/mol. The van der Waals surface area contributed by atoms with Gasteiger partial charge in [0.15, 0.2) is 12.8 Å². The predicted molar refractivity (Wildman–Crippen MR) is 105 cm³/mol. The highest BCUT2D eigenvalue weighted by molar-refractivity contribution is 14.0. The van der Waals surface area contributed by atoms with Gasteiger partial charge in [-0.15, -0.1) is 24.0 Å². The van der Waals surface area contributed by atoms with Gasteiger partial charge in [0.05, 0.1) is 6.61 Å². The van der Waals surface area contributed by atoms with E-state index in [0.29, 0.717) is 24.9 Å². The number of aromatic nitrogens is 1. The third-order valence-electron chi connectivity index (χ3n) is 3.75. The van der Waals surface area contributed by atoms with Gasteiger partial charge in [-0.1, -0.05) is 0 Å². The average Bonchev–Trinajstić information content (AvgIpc) is 3.11. The maximum atomic E-state index is 13.7. The Bertz CT molecular complexity index is 707. The van der Waals surface area contributed by atoms with Crippen LogP contribution in [0.4, 0.5) is 4.39 Å². The second kappa shape index (κ2) is 9.62. The number of ether oxygens (including phenoxy) is 2. The number of guanidine groups is 1. The molecule has 3 rings (SSSR count). The predicted octanol–water partition coefficient (Wildman–Crippen LogP) is 2.48. The fraction of sp³-hybridized carbons (Fsp3) is 0.353. The fourth-order valence-corrected chi connectivity index (χ4v) is 2.61. The molecule has 0 radical (unpaired) electrons. The van der Waals surface area contributed by atoms with Gasteiger partial charge < -0.3 is 24.7 Å². The molecule has 2 N–H and O–H groups in total. The van der Waals surface area contributed by atoms with E-state index in [-0.39, 0.29) is 36.6 Å². The first-order valence-electron chi connectivity index (χ1n) is 7.83. The van der Waals surface area contributed by atoms with Gasteiger partial charge in [0.25, 0.3) is 0 Å². The Labute approximate surface area is 163 Å². The Morgan fingerprint density at radius 2 is 2.08 bits per heavy atom. The van der Waals surface area contributed by atoms with Crippen LogP contribution >= 0.6 is 24.0 Å². The summed E-state index contributed by atoms with van der Waals surface area (Å²) in [6, 6.07) is 6.90. The van der Waals surface area contributed by atoms with Gasteiger partial charge in [-0.25, -0.2) is 4.39 Å². The topological polar surface area (TPSA) is 59.8 Å². The summed E-state index contributed by atoms with van der Waals surface area (Å²) >= 11 is 0. The highest BCUT2D eigenvalue weighted by Crippen LogP contribution is 2.29. The molecule has 1 aliphatic rings. The van der Waals surface area contributed by atoms with E-state index in [2.05, 4.69) is 20.2 Å². The lowest BCUT2D eigenvalue weighted by atomic mass is 10.1. The molecule has 1 aromatic carbocycles. The molecule has 0 amide bonds. The van der Waals surface area contributed by atoms with Crippen molar-refractivity contribution >= 4 is 29.9 Å². The van der Waals surface area contributed by atoms with Gasteiger partial charge in [0.2, 0.25) is 0 Å². The Morgan fingerprint density at radius 3 is 2.84 bits per heavy atom. The lowest BCUT2D eigenvalue weighted by molar-refractivity contribution is -0.0172. The van der Waals surface area contributed by atoms with E-state index in [4.69, 9.17) is 9.47 Å². The van der Waals surface area contributed by atoms with Crippen molar-refractivity contribution in [3.8, 4) is 5.75 Å². The maximum Gasteiger partial charge on any atom is 0.191 e. The minimum absolute atomic E-state index is 0. The van der Waals surface area contributed by atoms with Gasteiger partial charge in [0, 0.05) is 50.2 Å². The highest BCUT2D eigenvalue weighted by atomic mass is 127. The summed E-state index contributed by atoms with van der Waals surface area (Å²) in [6.45, 7) is 2.55. The van der Waals surface area contributed by atoms with Crippen molar-refractivity contribution in [2.24, 2.45) is 4.99 Å². The number of hydrogen-bond acceptors (Lipinski definition) is 3. The second-order valence-corrected chi connectivity index (χ2v) is 5.44. The van der Waals surface area contributed by atoms with Crippen molar-refractivity contribution < 1.29 is 13.9 Å². The van der Waals surface area contributed by atoms with E-state index in [1.54, 1.807) is 7.05 Å². The van der Waals surface area contributed by atoms with Crippen molar-refractivity contribution in [3.63, 3.8) is 0 Å². The zero-order chi connectivity index (χ0) is 16.8. The molecule has 136 valence electrons. The number of fused-ring (bicyclic) bond motifs is 1. The molecule has 0 saturated heterocycles. The smallest absolute Gasteiger partial charge is 0.191 e. The van der Waals surface area contributed by atoms with Crippen LogP contribution in [0.5, 0.6) is 5.75 Å². The van der Waals surface area contributed by atoms with E-state index in [0.717, 1.165) is 24.2 Å². The van der Waals surface area contributed by atoms with E-state index in [1.165, 1.54) is 12.1 Å². The molecule has 8 heteroatoms. The zero-order valence-electron chi connectivity index (χ0n) is 14.0. The number of benzene rings is 1. The first kappa shape index (κ1) is 19.5. The molecule has 2 heterocycles. The minimum Gasteiger partial charge on any atom is -0.467 e. The van der Waals surface area contributed by atoms with Crippen molar-refractivity contribution in [2.45, 2.75) is 19.7 Å². The summed E-state index contributed by atoms with van der Waals surface area (Å²) in [5, 5.41) is 6.42. The summed E-state index contributed by atoms with van der Waals surface area (Å²) < 4.78 is 26.5. The number of nitrogens with zero attached hydrogens (tertiary/aromatic N) is 2. The van der Waals surface area contributed by atoms with E-state index < -0.39 is 0 Å². The van der Waals surface area contributed by atoms with Crippen LogP contribution in [-0.2, 0) is 24.4 Å². The Kier molecular flexibility index (Phi) is 7.51. The molecule has 0 aliphatic carbocycles. The number of aliphatic imine (C=N–C) groups is 1. The number of nitrogens with one attached hydrogen (secondary N) is 2. The van der Waals surface area contributed by atoms with Gasteiger partial charge in [-0.05, 0) is 24.3 Å². The Balaban J connectivity index is 0.00000225. The summed E-state index contributed by atoms with van der Waals surface area (Å²) in [5.41, 5.74) is 1.48. The highest BCUT2D eigenvalue weighted by Gasteiger charge is 2.17. The van der Waals surface area contributed by atoms with Crippen molar-refractivity contribution in [1.29, 1.82) is 0 Å². The van der Waals surface area contributed by atoms with E-state index in [1.807, 2.05) is 24.5 Å². The van der Waals surface area contributed by atoms with Crippen LogP contribution in [-0.4, -0.2) is 30.9 Å². The molecule has 0 fully saturated rings. The first-order valence-corrected chi connectivity index (χ1v) is 7.83. The van der Waals surface area contributed by atoms with Crippen molar-refractivity contribution in [2.75, 3.05) is 20.4 Å². The summed E-state index contributed by atoms with van der Waals surface area (Å²) in [6.07, 6.45) is 4.02. The summed E-state index contributed by atoms with van der Waals surface area (Å²) in [7, 11) is 1.70. The molecule has 0 atom stereocenters. The van der Waals surface area contributed by atoms with E-state index >= 15 is 0 Å². The minimum atomic E-state index is -0.296. The number of hydrogen-bond donors (Lipinski definition) is 2. The molecule has 0 unspecified atom stereocenters. The van der Waals surface area contributed by atoms with Gasteiger partial charge >= 0.3 is 0 Å². The third kappa shape index (κ3) is 5.33. The van der Waals surface area contributed by atoms with Crippen LogP contribution in [0.1, 0.15) is 11.1 Å². The molecule has 2 aromatic rings. The second-order valence-electron chi connectivity index (χ2n) is 5.44. The van der Waals surface area contributed by atoms with Crippen LogP contribution in [0.2, 0.25) is 0 Å². The SMILES string of the molecule is CN=C(NCCn1cccc1)NCc1cc(F)cc2c1OCOC2.I. The molecule has 1 aliphatic heterocycles. The van der Waals surface area contributed by atoms with Gasteiger partial charge in [0.1, 0.15) is 11.6 Å². The number of halogens is 2. The molecular weight excluding hydrogens is 438 g/mol. The molecule has 1 aromatic heterocycles. The lowest BCUT2D eigenvalue weighted by Gasteiger charge is -2.21. The molecule has 0 spiro atoms. The Hall–Kier alpha value is -1.81. The normalized spacial score (nSPS) is 13.4. The van der Waals surface area contributed by atoms with Gasteiger partial charge in [-0.2, -0.15) is 0 Å². The first-order chi connectivity index (χ1) is 11.8. The van der Waals surface area contributed by atoms with E-state index in [9.17, 15) is 4.39 Å². The summed E-state index contributed by atoms with van der Waals surface area (Å²) in [5.74, 6) is 1.06. The standard InChI is InChI=1S/C17H21FN4O2.HI/c1-19-17(20-4-7-22-5-2-3-6-22)21-10-13-8-15(18)9-14-11-23-12-24-16(13)14;/h2-3,5-6,8-9H,4,7,10-12H2,1H3,(H2,19,20,21);1H. The molecule has 0 saturated carbocycles. The Morgan fingerprint density at radius 1 is 1.28 bits per heavy atom. The molecule has 6 nitrogen and oxygen atoms in total. The fourth-order valence-electron chi connectivity index (χ4n) is 2.61. The third-order valence-corrected chi connectivity index (χ3v) is 3.75. The molecular formula is C17H22FIN4O2. The van der Waals surface area contributed by atoms with Crippen molar-refractivity contribution in [3.05, 3.63) is 53.6 Å². The van der Waals surface area contributed by atoms with Crippen LogP contribution in [0.3, 0.4) is 0 Å². The summed E-state index contributed by atoms with van der Waals surface area (Å²) in [4.78, 5) is 4.18. The van der Waals surface area contributed by atoms with Gasteiger partial charge in [-0.3, -0.25) is 4.99 Å². The molecule has 25 heavy (non-hydrogen) atoms. The van der Waals surface area contributed by atoms with Crippen LogP contribution in [0.15, 0.2) is 41.7 Å². The quantitative estimate of drug-likeness (QED) is 0.409. The lowest BCUT2D eigenvalue weighted by Crippen LogP contribution is -2.38. The number of rotatable bonds is 5. The van der Waals surface area contributed by atoms with Crippen molar-refractivity contribution in [1.82, 2.24) is 15.2 Å².